The molecule has 1 saturated carbocycles. The quantitative estimate of drug-likeness (QED) is 0.792. The zero-order valence-electron chi connectivity index (χ0n) is 9.91. The molecule has 1 aromatic heterocycles. The van der Waals surface area contributed by atoms with Crippen LogP contribution in [-0.4, -0.2) is 11.1 Å². The first-order valence-corrected chi connectivity index (χ1v) is 6.36. The van der Waals surface area contributed by atoms with Gasteiger partial charge in [0.25, 0.3) is 0 Å². The first-order chi connectivity index (χ1) is 8.42. The van der Waals surface area contributed by atoms with E-state index in [0.29, 0.717) is 6.10 Å². The zero-order chi connectivity index (χ0) is 11.5. The van der Waals surface area contributed by atoms with Crippen molar-refractivity contribution in [3.63, 3.8) is 0 Å². The number of hydrogen-bond donors (Lipinski definition) is 2. The molecule has 3 heteroatoms. The van der Waals surface area contributed by atoms with Crippen LogP contribution in [0.3, 0.4) is 0 Å². The topological polar surface area (TPSA) is 37.0 Å². The molecular formula is C14H18N2O. The zero-order valence-corrected chi connectivity index (χ0v) is 9.91. The molecular weight excluding hydrogens is 212 g/mol. The Bertz CT molecular complexity index is 486. The van der Waals surface area contributed by atoms with Crippen LogP contribution in [0.25, 0.3) is 10.9 Å². The van der Waals surface area contributed by atoms with Gasteiger partial charge in [-0.1, -0.05) is 18.9 Å². The summed E-state index contributed by atoms with van der Waals surface area (Å²) in [6.45, 7) is 0.775. The number of fused-ring (bicyclic) bond motifs is 1. The normalized spacial score (nSPS) is 16.9. The van der Waals surface area contributed by atoms with Crippen LogP contribution < -0.4 is 5.48 Å². The molecule has 0 bridgehead atoms. The molecule has 1 aliphatic carbocycles. The lowest BCUT2D eigenvalue weighted by Gasteiger charge is -2.11. The highest BCUT2D eigenvalue weighted by molar-refractivity contribution is 5.79. The number of aromatic nitrogens is 1. The van der Waals surface area contributed by atoms with Gasteiger partial charge in [-0.05, 0) is 42.0 Å². The van der Waals surface area contributed by atoms with Crippen LogP contribution in [0.1, 0.15) is 31.2 Å². The number of benzene rings is 1. The molecule has 1 heterocycles. The van der Waals surface area contributed by atoms with E-state index in [4.69, 9.17) is 4.84 Å². The second kappa shape index (κ2) is 4.90. The van der Waals surface area contributed by atoms with Gasteiger partial charge in [-0.15, -0.1) is 0 Å². The van der Waals surface area contributed by atoms with Crippen LogP contribution in [0, 0.1) is 0 Å². The minimum Gasteiger partial charge on any atom is -0.361 e. The second-order valence-electron chi connectivity index (χ2n) is 4.74. The fraction of sp³-hybridized carbons (Fsp3) is 0.429. The van der Waals surface area contributed by atoms with Crippen molar-refractivity contribution in [2.45, 2.75) is 38.3 Å². The molecule has 1 aliphatic rings. The molecule has 3 nitrogen and oxygen atoms in total. The summed E-state index contributed by atoms with van der Waals surface area (Å²) in [6.07, 6.45) is 7.40. The molecule has 0 amide bonds. The Kier molecular flexibility index (Phi) is 3.12. The third-order valence-electron chi connectivity index (χ3n) is 3.45. The van der Waals surface area contributed by atoms with E-state index in [9.17, 15) is 0 Å². The van der Waals surface area contributed by atoms with Crippen LogP contribution in [0.5, 0.6) is 0 Å². The minimum atomic E-state index is 0.422. The van der Waals surface area contributed by atoms with Gasteiger partial charge in [-0.3, -0.25) is 4.84 Å². The van der Waals surface area contributed by atoms with Crippen molar-refractivity contribution in [2.75, 3.05) is 0 Å². The van der Waals surface area contributed by atoms with Crippen molar-refractivity contribution in [1.29, 1.82) is 0 Å². The Morgan fingerprint density at radius 3 is 3.00 bits per heavy atom. The van der Waals surface area contributed by atoms with Gasteiger partial charge in [0.2, 0.25) is 0 Å². The van der Waals surface area contributed by atoms with Gasteiger partial charge in [0.05, 0.1) is 6.10 Å². The Morgan fingerprint density at radius 2 is 2.12 bits per heavy atom. The SMILES string of the molecule is c1cc2cc(CNOC3CCCC3)ccc2[nH]1. The average molecular weight is 230 g/mol. The van der Waals surface area contributed by atoms with Gasteiger partial charge in [0.15, 0.2) is 0 Å². The lowest BCUT2D eigenvalue weighted by Crippen LogP contribution is -2.21. The van der Waals surface area contributed by atoms with E-state index in [2.05, 4.69) is 34.7 Å². The number of H-pyrrole nitrogens is 1. The van der Waals surface area contributed by atoms with Gasteiger partial charge >= 0.3 is 0 Å². The van der Waals surface area contributed by atoms with Crippen LogP contribution in [-0.2, 0) is 11.4 Å². The third-order valence-corrected chi connectivity index (χ3v) is 3.45. The summed E-state index contributed by atoms with van der Waals surface area (Å²) in [5.74, 6) is 0. The van der Waals surface area contributed by atoms with Crippen molar-refractivity contribution in [3.05, 3.63) is 36.0 Å². The molecule has 0 unspecified atom stereocenters. The Morgan fingerprint density at radius 1 is 1.24 bits per heavy atom. The van der Waals surface area contributed by atoms with E-state index < -0.39 is 0 Å². The van der Waals surface area contributed by atoms with Gasteiger partial charge in [-0.25, -0.2) is 0 Å². The fourth-order valence-electron chi connectivity index (χ4n) is 2.46. The minimum absolute atomic E-state index is 0.422. The first kappa shape index (κ1) is 10.8. The van der Waals surface area contributed by atoms with Crippen LogP contribution >= 0.6 is 0 Å². The summed E-state index contributed by atoms with van der Waals surface area (Å²) in [5.41, 5.74) is 5.54. The summed E-state index contributed by atoms with van der Waals surface area (Å²) in [5, 5.41) is 1.25. The largest absolute Gasteiger partial charge is 0.361 e. The van der Waals surface area contributed by atoms with Crippen molar-refractivity contribution in [1.82, 2.24) is 10.5 Å². The van der Waals surface area contributed by atoms with E-state index in [1.54, 1.807) is 0 Å². The molecule has 0 aliphatic heterocycles. The second-order valence-corrected chi connectivity index (χ2v) is 4.74. The molecule has 1 fully saturated rings. The number of aromatic amines is 1. The van der Waals surface area contributed by atoms with Crippen molar-refractivity contribution in [3.8, 4) is 0 Å². The Hall–Kier alpha value is -1.32. The predicted molar refractivity (Wildman–Crippen MR) is 68.5 cm³/mol. The molecule has 0 saturated heterocycles. The van der Waals surface area contributed by atoms with Gasteiger partial charge in [0, 0.05) is 18.3 Å². The Labute approximate surface area is 101 Å². The number of rotatable bonds is 4. The maximum atomic E-state index is 5.64. The summed E-state index contributed by atoms with van der Waals surface area (Å²) in [4.78, 5) is 8.84. The number of nitrogens with one attached hydrogen (secondary N) is 2. The van der Waals surface area contributed by atoms with E-state index in [1.807, 2.05) is 6.20 Å². The summed E-state index contributed by atoms with van der Waals surface area (Å²) in [7, 11) is 0. The molecule has 0 atom stereocenters. The standard InChI is InChI=1S/C14H18N2O/c1-2-4-13(3-1)17-16-10-11-5-6-14-12(9-11)7-8-15-14/h5-9,13,15-16H,1-4,10H2. The van der Waals surface area contributed by atoms with Gasteiger partial charge in [-0.2, -0.15) is 5.48 Å². The van der Waals surface area contributed by atoms with Crippen LogP contribution in [0.15, 0.2) is 30.5 Å². The fourth-order valence-corrected chi connectivity index (χ4v) is 2.46. The Balaban J connectivity index is 1.56. The lowest BCUT2D eigenvalue weighted by atomic mass is 10.1. The highest BCUT2D eigenvalue weighted by atomic mass is 16.7. The smallest absolute Gasteiger partial charge is 0.0790 e. The molecule has 0 radical (unpaired) electrons. The highest BCUT2D eigenvalue weighted by Gasteiger charge is 2.15. The monoisotopic (exact) mass is 230 g/mol. The van der Waals surface area contributed by atoms with Crippen molar-refractivity contribution < 1.29 is 4.84 Å². The van der Waals surface area contributed by atoms with E-state index in [1.165, 1.54) is 42.1 Å². The molecule has 3 rings (SSSR count). The summed E-state index contributed by atoms with van der Waals surface area (Å²) in [6, 6.07) is 8.53. The van der Waals surface area contributed by atoms with Gasteiger partial charge in [0.1, 0.15) is 0 Å². The third kappa shape index (κ3) is 2.51. The maximum absolute atomic E-state index is 5.64. The molecule has 2 N–H and O–H groups in total. The van der Waals surface area contributed by atoms with E-state index >= 15 is 0 Å². The number of hydrogen-bond acceptors (Lipinski definition) is 2. The van der Waals surface area contributed by atoms with Crippen molar-refractivity contribution >= 4 is 10.9 Å². The van der Waals surface area contributed by atoms with Crippen LogP contribution in [0.4, 0.5) is 0 Å². The summed E-state index contributed by atoms with van der Waals surface area (Å²) >= 11 is 0. The molecule has 90 valence electrons. The van der Waals surface area contributed by atoms with Crippen molar-refractivity contribution in [2.24, 2.45) is 0 Å². The molecule has 0 spiro atoms. The molecule has 17 heavy (non-hydrogen) atoms. The maximum Gasteiger partial charge on any atom is 0.0790 e. The highest BCUT2D eigenvalue weighted by Crippen LogP contribution is 2.20. The van der Waals surface area contributed by atoms with E-state index in [-0.39, 0.29) is 0 Å². The predicted octanol–water partition coefficient (Wildman–Crippen LogP) is 3.13. The van der Waals surface area contributed by atoms with Crippen LogP contribution in [0.2, 0.25) is 0 Å². The molecule has 1 aromatic carbocycles. The lowest BCUT2D eigenvalue weighted by molar-refractivity contribution is -0.0243. The molecule has 2 aromatic rings. The van der Waals surface area contributed by atoms with E-state index in [0.717, 1.165) is 6.54 Å². The van der Waals surface area contributed by atoms with Gasteiger partial charge < -0.3 is 4.98 Å². The average Bonchev–Trinajstić information content (AvgIpc) is 2.98. The summed E-state index contributed by atoms with van der Waals surface area (Å²) < 4.78 is 0. The first-order valence-electron chi connectivity index (χ1n) is 6.36. The number of hydroxylamine groups is 1.